The first kappa shape index (κ1) is 23.6. The molecule has 1 rings (SSSR count). The molecule has 1 aliphatic rings. The van der Waals surface area contributed by atoms with Crippen molar-refractivity contribution in [2.45, 2.75) is 96.4 Å². The zero-order chi connectivity index (χ0) is 20.6. The van der Waals surface area contributed by atoms with Crippen LogP contribution in [0.25, 0.3) is 0 Å². The second kappa shape index (κ2) is 7.90. The van der Waals surface area contributed by atoms with E-state index in [0.717, 1.165) is 12.0 Å². The lowest BCUT2D eigenvalue weighted by molar-refractivity contribution is -0.130. The summed E-state index contributed by atoms with van der Waals surface area (Å²) < 4.78 is 18.5. The molecule has 0 aromatic carbocycles. The van der Waals surface area contributed by atoms with Crippen molar-refractivity contribution >= 4 is 23.1 Å². The summed E-state index contributed by atoms with van der Waals surface area (Å²) in [6.45, 7) is 27.6. The van der Waals surface area contributed by atoms with Crippen molar-refractivity contribution < 1.29 is 18.4 Å². The van der Waals surface area contributed by atoms with Crippen LogP contribution >= 0.6 is 0 Å². The molecule has 1 fully saturated rings. The van der Waals surface area contributed by atoms with Crippen molar-refractivity contribution in [2.75, 3.05) is 6.61 Å². The first-order valence-corrected chi connectivity index (χ1v) is 15.4. The Morgan fingerprint density at radius 3 is 1.88 bits per heavy atom. The maximum atomic E-state index is 10.8. The lowest BCUT2D eigenvalue weighted by Gasteiger charge is -2.40. The smallest absolute Gasteiger partial charge is 0.293 e. The lowest BCUT2D eigenvalue weighted by atomic mass is 10.0. The molecule has 3 atom stereocenters. The predicted octanol–water partition coefficient (Wildman–Crippen LogP) is 5.52. The van der Waals surface area contributed by atoms with Crippen molar-refractivity contribution in [3.63, 3.8) is 0 Å². The second-order valence-corrected chi connectivity index (χ2v) is 20.1. The van der Waals surface area contributed by atoms with Crippen LogP contribution in [-0.4, -0.2) is 41.9 Å². The summed E-state index contributed by atoms with van der Waals surface area (Å²) in [5, 5.41) is 0.267. The number of rotatable bonds is 7. The van der Waals surface area contributed by atoms with Gasteiger partial charge in [0.05, 0.1) is 12.2 Å². The molecule has 1 aliphatic carbocycles. The van der Waals surface area contributed by atoms with Gasteiger partial charge in [0, 0.05) is 12.3 Å². The standard InChI is InChI=1S/C20H40O4Si2/c1-15-16(13-22-14-21)18(24-26(10,11)20(5,6)7)12-17(15)23-25(8,9)19(2,3)4/h14,16-18H,1,12-13H2,2-11H3/t16-,17+,18-/m0/s1. The van der Waals surface area contributed by atoms with E-state index in [1.54, 1.807) is 0 Å². The molecule has 152 valence electrons. The highest BCUT2D eigenvalue weighted by molar-refractivity contribution is 6.74. The molecule has 0 radical (unpaired) electrons. The van der Waals surface area contributed by atoms with E-state index in [1.807, 2.05) is 0 Å². The van der Waals surface area contributed by atoms with Crippen LogP contribution in [0.4, 0.5) is 0 Å². The van der Waals surface area contributed by atoms with Gasteiger partial charge in [-0.15, -0.1) is 0 Å². The third-order valence-corrected chi connectivity index (χ3v) is 15.6. The van der Waals surface area contributed by atoms with Gasteiger partial charge in [0.25, 0.3) is 6.47 Å². The topological polar surface area (TPSA) is 44.8 Å². The Balaban J connectivity index is 3.03. The van der Waals surface area contributed by atoms with E-state index in [4.69, 9.17) is 13.6 Å². The van der Waals surface area contributed by atoms with E-state index in [0.29, 0.717) is 13.1 Å². The SMILES string of the molecule is C=C1[C@H](O[Si](C)(C)C(C)(C)C)C[C@H](O[Si](C)(C)C(C)(C)C)[C@H]1COC=O. The fourth-order valence-electron chi connectivity index (χ4n) is 2.70. The summed E-state index contributed by atoms with van der Waals surface area (Å²) in [5.41, 5.74) is 1.01. The Labute approximate surface area is 162 Å². The number of hydrogen-bond acceptors (Lipinski definition) is 4. The summed E-state index contributed by atoms with van der Waals surface area (Å²) in [4.78, 5) is 10.8. The molecule has 6 heteroatoms. The summed E-state index contributed by atoms with van der Waals surface area (Å²) in [7, 11) is -3.85. The van der Waals surface area contributed by atoms with Gasteiger partial charge >= 0.3 is 0 Å². The molecule has 26 heavy (non-hydrogen) atoms. The number of hydrogen-bond donors (Lipinski definition) is 0. The maximum Gasteiger partial charge on any atom is 0.293 e. The Morgan fingerprint density at radius 2 is 1.46 bits per heavy atom. The Morgan fingerprint density at radius 1 is 1.00 bits per heavy atom. The minimum Gasteiger partial charge on any atom is -0.467 e. The third-order valence-electron chi connectivity index (χ3n) is 6.62. The quantitative estimate of drug-likeness (QED) is 0.321. The van der Waals surface area contributed by atoms with E-state index < -0.39 is 16.6 Å². The minimum absolute atomic E-state index is 0.00175. The average Bonchev–Trinajstić information content (AvgIpc) is 2.69. The van der Waals surface area contributed by atoms with Gasteiger partial charge in [-0.05, 0) is 41.8 Å². The van der Waals surface area contributed by atoms with E-state index >= 15 is 0 Å². The number of ether oxygens (including phenoxy) is 1. The first-order valence-electron chi connectivity index (χ1n) is 9.63. The molecule has 0 heterocycles. The fraction of sp³-hybridized carbons (Fsp3) is 0.850. The highest BCUT2D eigenvalue weighted by Crippen LogP contribution is 2.45. The fourth-order valence-corrected chi connectivity index (χ4v) is 5.39. The van der Waals surface area contributed by atoms with Crippen molar-refractivity contribution in [3.05, 3.63) is 12.2 Å². The first-order chi connectivity index (χ1) is 11.5. The zero-order valence-corrected chi connectivity index (χ0v) is 20.6. The second-order valence-electron chi connectivity index (χ2n) is 10.6. The van der Waals surface area contributed by atoms with Crippen molar-refractivity contribution in [1.82, 2.24) is 0 Å². The van der Waals surface area contributed by atoms with Crippen LogP contribution in [0.2, 0.25) is 36.3 Å². The largest absolute Gasteiger partial charge is 0.467 e. The van der Waals surface area contributed by atoms with Gasteiger partial charge in [-0.1, -0.05) is 48.1 Å². The van der Waals surface area contributed by atoms with Gasteiger partial charge in [-0.25, -0.2) is 0 Å². The van der Waals surface area contributed by atoms with Crippen molar-refractivity contribution in [3.8, 4) is 0 Å². The molecule has 0 unspecified atom stereocenters. The van der Waals surface area contributed by atoms with Gasteiger partial charge < -0.3 is 13.6 Å². The molecule has 0 amide bonds. The molecule has 0 saturated heterocycles. The van der Waals surface area contributed by atoms with E-state index in [1.165, 1.54) is 0 Å². The molecular formula is C20H40O4Si2. The van der Waals surface area contributed by atoms with E-state index in [2.05, 4.69) is 74.3 Å². The van der Waals surface area contributed by atoms with Crippen LogP contribution in [0.15, 0.2) is 12.2 Å². The van der Waals surface area contributed by atoms with E-state index in [-0.39, 0.29) is 28.2 Å². The van der Waals surface area contributed by atoms with Gasteiger partial charge in [0.1, 0.15) is 6.61 Å². The van der Waals surface area contributed by atoms with Crippen molar-refractivity contribution in [1.29, 1.82) is 0 Å². The molecule has 0 spiro atoms. The number of carbonyl (C=O) groups is 1. The predicted molar refractivity (Wildman–Crippen MR) is 113 cm³/mol. The maximum absolute atomic E-state index is 10.8. The molecule has 0 aromatic heterocycles. The highest BCUT2D eigenvalue weighted by atomic mass is 28.4. The van der Waals surface area contributed by atoms with Gasteiger partial charge in [-0.3, -0.25) is 4.79 Å². The molecule has 1 saturated carbocycles. The molecule has 0 N–H and O–H groups in total. The summed E-state index contributed by atoms with van der Waals surface area (Å²) in [5.74, 6) is 0.00379. The zero-order valence-electron chi connectivity index (χ0n) is 18.6. The monoisotopic (exact) mass is 400 g/mol. The van der Waals surface area contributed by atoms with E-state index in [9.17, 15) is 4.79 Å². The molecule has 0 aliphatic heterocycles. The van der Waals surface area contributed by atoms with Gasteiger partial charge in [-0.2, -0.15) is 0 Å². The van der Waals surface area contributed by atoms with Crippen LogP contribution in [0, 0.1) is 5.92 Å². The molecule has 0 bridgehead atoms. The van der Waals surface area contributed by atoms with Crippen LogP contribution in [0.5, 0.6) is 0 Å². The van der Waals surface area contributed by atoms with Crippen LogP contribution in [0.1, 0.15) is 48.0 Å². The van der Waals surface area contributed by atoms with Crippen LogP contribution in [-0.2, 0) is 18.4 Å². The highest BCUT2D eigenvalue weighted by Gasteiger charge is 2.48. The molecule has 4 nitrogen and oxygen atoms in total. The third kappa shape index (κ3) is 5.30. The number of carbonyl (C=O) groups excluding carboxylic acids is 1. The normalized spacial score (nSPS) is 25.5. The Hall–Kier alpha value is -0.436. The molecule has 0 aromatic rings. The lowest BCUT2D eigenvalue weighted by Crippen LogP contribution is -2.45. The average molecular weight is 401 g/mol. The summed E-state index contributed by atoms with van der Waals surface area (Å²) in [6.07, 6.45) is 0.772. The van der Waals surface area contributed by atoms with Gasteiger partial charge in [0.15, 0.2) is 16.6 Å². The summed E-state index contributed by atoms with van der Waals surface area (Å²) >= 11 is 0. The minimum atomic E-state index is -1.93. The van der Waals surface area contributed by atoms with Gasteiger partial charge in [0.2, 0.25) is 0 Å². The van der Waals surface area contributed by atoms with Crippen LogP contribution in [0.3, 0.4) is 0 Å². The van der Waals surface area contributed by atoms with Crippen molar-refractivity contribution in [2.24, 2.45) is 5.92 Å². The summed E-state index contributed by atoms with van der Waals surface area (Å²) in [6, 6.07) is 0. The Kier molecular flexibility index (Phi) is 7.17. The molecular weight excluding hydrogens is 360 g/mol. The Bertz CT molecular complexity index is 515. The van der Waals surface area contributed by atoms with Crippen LogP contribution < -0.4 is 0 Å².